The van der Waals surface area contributed by atoms with Crippen LogP contribution in [0.25, 0.3) is 0 Å². The minimum absolute atomic E-state index is 0.0538. The standard InChI is InChI=1S/C19H24N2O4/c1-11-5-4-6-15(11)25-18(22)16-12(2)20-19(23)21-17(16)13-7-9-14(24-3)10-8-13/h7-11,15,17H,4-6H2,1-3H3,(H2,20,21,23)/t11-,15-,17-/m0/s1. The maximum Gasteiger partial charge on any atom is 0.338 e. The number of ether oxygens (including phenoxy) is 2. The van der Waals surface area contributed by atoms with Gasteiger partial charge in [0.15, 0.2) is 0 Å². The summed E-state index contributed by atoms with van der Waals surface area (Å²) in [7, 11) is 1.59. The third-order valence-electron chi connectivity index (χ3n) is 4.98. The lowest BCUT2D eigenvalue weighted by Crippen LogP contribution is -2.45. The molecule has 1 heterocycles. The van der Waals surface area contributed by atoms with Crippen LogP contribution in [0.3, 0.4) is 0 Å². The first kappa shape index (κ1) is 17.3. The summed E-state index contributed by atoms with van der Waals surface area (Å²) >= 11 is 0. The Balaban J connectivity index is 1.87. The van der Waals surface area contributed by atoms with Crippen molar-refractivity contribution in [2.45, 2.75) is 45.3 Å². The van der Waals surface area contributed by atoms with E-state index in [-0.39, 0.29) is 18.1 Å². The van der Waals surface area contributed by atoms with Gasteiger partial charge in [-0.25, -0.2) is 9.59 Å². The molecule has 2 amide bonds. The quantitative estimate of drug-likeness (QED) is 0.823. The second-order valence-corrected chi connectivity index (χ2v) is 6.70. The molecule has 0 unspecified atom stereocenters. The van der Waals surface area contributed by atoms with Crippen LogP contribution in [0.5, 0.6) is 5.75 Å². The Morgan fingerprint density at radius 3 is 2.52 bits per heavy atom. The highest BCUT2D eigenvalue weighted by atomic mass is 16.5. The zero-order chi connectivity index (χ0) is 18.0. The summed E-state index contributed by atoms with van der Waals surface area (Å²) in [5, 5.41) is 5.49. The average Bonchev–Trinajstić information content (AvgIpc) is 2.99. The van der Waals surface area contributed by atoms with Gasteiger partial charge in [0.25, 0.3) is 0 Å². The van der Waals surface area contributed by atoms with Crippen LogP contribution in [0.4, 0.5) is 4.79 Å². The summed E-state index contributed by atoms with van der Waals surface area (Å²) in [6.45, 7) is 3.83. The Labute approximate surface area is 147 Å². The van der Waals surface area contributed by atoms with Gasteiger partial charge in [0.2, 0.25) is 0 Å². The van der Waals surface area contributed by atoms with Gasteiger partial charge in [-0.1, -0.05) is 19.1 Å². The third-order valence-corrected chi connectivity index (χ3v) is 4.98. The van der Waals surface area contributed by atoms with E-state index in [4.69, 9.17) is 9.47 Å². The smallest absolute Gasteiger partial charge is 0.338 e. The zero-order valence-electron chi connectivity index (χ0n) is 14.8. The summed E-state index contributed by atoms with van der Waals surface area (Å²) < 4.78 is 10.9. The minimum Gasteiger partial charge on any atom is -0.497 e. The van der Waals surface area contributed by atoms with Crippen LogP contribution >= 0.6 is 0 Å². The molecule has 1 aliphatic heterocycles. The molecule has 6 nitrogen and oxygen atoms in total. The van der Waals surface area contributed by atoms with Gasteiger partial charge in [0.05, 0.1) is 18.7 Å². The fraction of sp³-hybridized carbons (Fsp3) is 0.474. The van der Waals surface area contributed by atoms with E-state index >= 15 is 0 Å². The second-order valence-electron chi connectivity index (χ2n) is 6.70. The van der Waals surface area contributed by atoms with E-state index in [2.05, 4.69) is 17.6 Å². The van der Waals surface area contributed by atoms with Crippen molar-refractivity contribution in [1.82, 2.24) is 10.6 Å². The summed E-state index contributed by atoms with van der Waals surface area (Å²) in [5.74, 6) is 0.716. The third kappa shape index (κ3) is 3.62. The van der Waals surface area contributed by atoms with Crippen LogP contribution in [-0.4, -0.2) is 25.2 Å². The molecule has 0 spiro atoms. The van der Waals surface area contributed by atoms with Crippen molar-refractivity contribution in [3.8, 4) is 5.75 Å². The van der Waals surface area contributed by atoms with Crippen molar-refractivity contribution in [2.75, 3.05) is 7.11 Å². The molecule has 134 valence electrons. The second kappa shape index (κ2) is 7.17. The molecule has 3 rings (SSSR count). The van der Waals surface area contributed by atoms with Crippen molar-refractivity contribution >= 4 is 12.0 Å². The average molecular weight is 344 g/mol. The number of urea groups is 1. The van der Waals surface area contributed by atoms with E-state index in [1.165, 1.54) is 0 Å². The Kier molecular flexibility index (Phi) is 4.97. The van der Waals surface area contributed by atoms with E-state index < -0.39 is 6.04 Å². The number of methoxy groups -OCH3 is 1. The predicted molar refractivity (Wildman–Crippen MR) is 93.0 cm³/mol. The SMILES string of the molecule is COc1ccc([C@@H]2NC(=O)NC(C)=C2C(=O)O[C@H]2CCC[C@@H]2C)cc1. The predicted octanol–water partition coefficient (Wildman–Crippen LogP) is 3.05. The lowest BCUT2D eigenvalue weighted by atomic mass is 9.95. The summed E-state index contributed by atoms with van der Waals surface area (Å²) in [5.41, 5.74) is 1.78. The molecule has 1 aliphatic carbocycles. The van der Waals surface area contributed by atoms with Crippen molar-refractivity contribution in [1.29, 1.82) is 0 Å². The summed E-state index contributed by atoms with van der Waals surface area (Å²) in [6.07, 6.45) is 2.99. The normalized spacial score (nSPS) is 26.0. The van der Waals surface area contributed by atoms with Gasteiger partial charge in [-0.05, 0) is 49.8 Å². The Morgan fingerprint density at radius 1 is 1.20 bits per heavy atom. The molecule has 1 saturated carbocycles. The van der Waals surface area contributed by atoms with E-state index in [0.29, 0.717) is 22.9 Å². The fourth-order valence-electron chi connectivity index (χ4n) is 3.50. The van der Waals surface area contributed by atoms with Gasteiger partial charge in [0, 0.05) is 5.70 Å². The van der Waals surface area contributed by atoms with Crippen molar-refractivity contribution in [3.63, 3.8) is 0 Å². The molecule has 1 aromatic carbocycles. The van der Waals surface area contributed by atoms with Gasteiger partial charge >= 0.3 is 12.0 Å². The molecular formula is C19H24N2O4. The molecular weight excluding hydrogens is 320 g/mol. The van der Waals surface area contributed by atoms with Crippen LogP contribution in [-0.2, 0) is 9.53 Å². The van der Waals surface area contributed by atoms with Crippen LogP contribution in [0, 0.1) is 5.92 Å². The molecule has 1 aromatic rings. The number of nitrogens with one attached hydrogen (secondary N) is 2. The molecule has 0 saturated heterocycles. The molecule has 2 aliphatic rings. The molecule has 3 atom stereocenters. The van der Waals surface area contributed by atoms with Crippen LogP contribution in [0.2, 0.25) is 0 Å². The molecule has 6 heteroatoms. The van der Waals surface area contributed by atoms with E-state index in [9.17, 15) is 9.59 Å². The van der Waals surface area contributed by atoms with Gasteiger partial charge in [0.1, 0.15) is 11.9 Å². The molecule has 25 heavy (non-hydrogen) atoms. The number of carbonyl (C=O) groups excluding carboxylic acids is 2. The Morgan fingerprint density at radius 2 is 1.92 bits per heavy atom. The van der Waals surface area contributed by atoms with E-state index in [0.717, 1.165) is 24.8 Å². The van der Waals surface area contributed by atoms with Gasteiger partial charge in [-0.15, -0.1) is 0 Å². The minimum atomic E-state index is -0.538. The van der Waals surface area contributed by atoms with Crippen LogP contribution < -0.4 is 15.4 Å². The highest BCUT2D eigenvalue weighted by Gasteiger charge is 2.35. The molecule has 0 radical (unpaired) electrons. The first-order chi connectivity index (χ1) is 12.0. The number of esters is 1. The van der Waals surface area contributed by atoms with Crippen molar-refractivity contribution in [3.05, 3.63) is 41.1 Å². The van der Waals surface area contributed by atoms with Gasteiger partial charge in [-0.3, -0.25) is 0 Å². The fourth-order valence-corrected chi connectivity index (χ4v) is 3.50. The first-order valence-corrected chi connectivity index (χ1v) is 8.63. The van der Waals surface area contributed by atoms with Crippen LogP contribution in [0.1, 0.15) is 44.7 Å². The molecule has 0 bridgehead atoms. The molecule has 0 aromatic heterocycles. The summed E-state index contributed by atoms with van der Waals surface area (Å²) in [6, 6.07) is 6.43. The topological polar surface area (TPSA) is 76.7 Å². The van der Waals surface area contributed by atoms with Crippen molar-refractivity contribution < 1.29 is 19.1 Å². The zero-order valence-corrected chi connectivity index (χ0v) is 14.8. The lowest BCUT2D eigenvalue weighted by Gasteiger charge is -2.29. The number of hydrogen-bond donors (Lipinski definition) is 2. The number of amides is 2. The number of hydrogen-bond acceptors (Lipinski definition) is 4. The Hall–Kier alpha value is -2.50. The monoisotopic (exact) mass is 344 g/mol. The van der Waals surface area contributed by atoms with Gasteiger partial charge in [-0.2, -0.15) is 0 Å². The number of allylic oxidation sites excluding steroid dienone is 1. The maximum atomic E-state index is 12.8. The number of rotatable bonds is 4. The number of benzene rings is 1. The van der Waals surface area contributed by atoms with E-state index in [1.54, 1.807) is 26.2 Å². The number of carbonyl (C=O) groups is 2. The summed E-state index contributed by atoms with van der Waals surface area (Å²) in [4.78, 5) is 24.7. The largest absolute Gasteiger partial charge is 0.497 e. The highest BCUT2D eigenvalue weighted by Crippen LogP contribution is 2.32. The van der Waals surface area contributed by atoms with E-state index in [1.807, 2.05) is 12.1 Å². The molecule has 1 fully saturated rings. The van der Waals surface area contributed by atoms with Gasteiger partial charge < -0.3 is 20.1 Å². The first-order valence-electron chi connectivity index (χ1n) is 8.63. The Bertz CT molecular complexity index is 696. The maximum absolute atomic E-state index is 12.8. The molecule has 2 N–H and O–H groups in total. The lowest BCUT2D eigenvalue weighted by molar-refractivity contribution is -0.146. The van der Waals surface area contributed by atoms with Crippen LogP contribution in [0.15, 0.2) is 35.5 Å². The highest BCUT2D eigenvalue weighted by molar-refractivity contribution is 5.95. The van der Waals surface area contributed by atoms with Crippen molar-refractivity contribution in [2.24, 2.45) is 5.92 Å².